The van der Waals surface area contributed by atoms with Crippen LogP contribution in [0.4, 0.5) is 0 Å². The van der Waals surface area contributed by atoms with Crippen molar-refractivity contribution in [3.63, 3.8) is 0 Å². The Bertz CT molecular complexity index is 201. The summed E-state index contributed by atoms with van der Waals surface area (Å²) in [6.45, 7) is 1.24. The van der Waals surface area contributed by atoms with Crippen molar-refractivity contribution in [2.75, 3.05) is 6.54 Å². The van der Waals surface area contributed by atoms with Gasteiger partial charge in [0.25, 0.3) is 0 Å². The normalized spacial score (nSPS) is 24.2. The summed E-state index contributed by atoms with van der Waals surface area (Å²) in [7, 11) is 0. The highest BCUT2D eigenvalue weighted by atomic mass is 15.5. The minimum atomic E-state index is 0.668. The van der Waals surface area contributed by atoms with Crippen molar-refractivity contribution in [2.24, 2.45) is 0 Å². The van der Waals surface area contributed by atoms with Gasteiger partial charge >= 0.3 is 0 Å². The van der Waals surface area contributed by atoms with E-state index in [4.69, 9.17) is 0 Å². The molecule has 1 aliphatic heterocycles. The number of quaternary nitrogens is 1. The molecule has 0 spiro atoms. The second-order valence-electron chi connectivity index (χ2n) is 2.93. The van der Waals surface area contributed by atoms with Crippen molar-refractivity contribution < 1.29 is 5.32 Å². The molecule has 5 nitrogen and oxygen atoms in total. The Labute approximate surface area is 64.6 Å². The Hall–Kier alpha value is -0.970. The van der Waals surface area contributed by atoms with Gasteiger partial charge in [-0.1, -0.05) is 0 Å². The maximum atomic E-state index is 3.79. The lowest BCUT2D eigenvalue weighted by Crippen LogP contribution is -2.87. The van der Waals surface area contributed by atoms with Gasteiger partial charge in [0.15, 0.2) is 0 Å². The lowest BCUT2D eigenvalue weighted by molar-refractivity contribution is -0.669. The zero-order valence-corrected chi connectivity index (χ0v) is 6.27. The van der Waals surface area contributed by atoms with Crippen LogP contribution < -0.4 is 10.4 Å². The van der Waals surface area contributed by atoms with Crippen LogP contribution in [0.2, 0.25) is 0 Å². The third-order valence-electron chi connectivity index (χ3n) is 2.08. The van der Waals surface area contributed by atoms with E-state index < -0.39 is 0 Å². The molecule has 0 amide bonds. The van der Waals surface area contributed by atoms with E-state index in [1.165, 1.54) is 19.4 Å². The summed E-state index contributed by atoms with van der Waals surface area (Å²) in [5, 5.41) is 16.8. The molecule has 2 rings (SSSR count). The maximum Gasteiger partial charge on any atom is 0.0906 e. The molecule has 0 saturated carbocycles. The highest BCUT2D eigenvalue weighted by Gasteiger charge is 2.17. The molecule has 1 aromatic heterocycles. The van der Waals surface area contributed by atoms with E-state index in [0.29, 0.717) is 6.04 Å². The largest absolute Gasteiger partial charge is 0.344 e. The predicted molar refractivity (Wildman–Crippen MR) is 36.7 cm³/mol. The van der Waals surface area contributed by atoms with E-state index in [1.54, 1.807) is 0 Å². The van der Waals surface area contributed by atoms with Crippen molar-refractivity contribution in [2.45, 2.75) is 25.3 Å². The molecule has 11 heavy (non-hydrogen) atoms. The van der Waals surface area contributed by atoms with E-state index in [9.17, 15) is 0 Å². The van der Waals surface area contributed by atoms with Gasteiger partial charge in [-0.3, -0.25) is 10.3 Å². The van der Waals surface area contributed by atoms with Gasteiger partial charge in [0.05, 0.1) is 12.6 Å². The Balaban J connectivity index is 1.90. The number of hydrogen-bond acceptors (Lipinski definition) is 3. The van der Waals surface area contributed by atoms with Crippen LogP contribution in [0.1, 0.15) is 18.7 Å². The first-order chi connectivity index (χ1) is 5.45. The van der Waals surface area contributed by atoms with Crippen molar-refractivity contribution in [3.05, 3.63) is 5.82 Å². The first kappa shape index (κ1) is 6.72. The Morgan fingerprint density at radius 2 is 2.64 bits per heavy atom. The third kappa shape index (κ3) is 1.54. The molecule has 0 unspecified atom stereocenters. The fourth-order valence-corrected chi connectivity index (χ4v) is 1.52. The topological polar surface area (TPSA) is 69.4 Å². The molecule has 0 aromatic carbocycles. The number of rotatable bonds is 2. The smallest absolute Gasteiger partial charge is 0.0906 e. The second kappa shape index (κ2) is 2.96. The molecule has 1 atom stereocenters. The van der Waals surface area contributed by atoms with E-state index in [1.807, 2.05) is 0 Å². The van der Waals surface area contributed by atoms with Crippen LogP contribution in [-0.4, -0.2) is 28.1 Å². The average Bonchev–Trinajstić information content (AvgIpc) is 2.60. The van der Waals surface area contributed by atoms with Crippen LogP contribution in [0.5, 0.6) is 0 Å². The van der Waals surface area contributed by atoms with Gasteiger partial charge in [-0.05, 0) is 0 Å². The lowest BCUT2D eigenvalue weighted by atomic mass is 10.1. The fraction of sp³-hybridized carbons (Fsp3) is 0.833. The molecular weight excluding hydrogens is 142 g/mol. The summed E-state index contributed by atoms with van der Waals surface area (Å²) < 4.78 is 0. The van der Waals surface area contributed by atoms with Crippen LogP contribution in [-0.2, 0) is 6.42 Å². The minimum Gasteiger partial charge on any atom is -0.344 e. The van der Waals surface area contributed by atoms with E-state index >= 15 is 0 Å². The van der Waals surface area contributed by atoms with Gasteiger partial charge in [0.1, 0.15) is 0 Å². The van der Waals surface area contributed by atoms with Crippen molar-refractivity contribution in [1.82, 2.24) is 20.6 Å². The highest BCUT2D eigenvalue weighted by molar-refractivity contribution is 4.80. The molecule has 2 N–H and O–H groups in total. The third-order valence-corrected chi connectivity index (χ3v) is 2.08. The summed E-state index contributed by atoms with van der Waals surface area (Å²) in [6, 6.07) is 0.668. The van der Waals surface area contributed by atoms with Gasteiger partial charge in [-0.25, -0.2) is 0 Å². The molecular formula is C6H11N5. The predicted octanol–water partition coefficient (Wildman–Crippen LogP) is -1.90. The molecule has 1 aliphatic rings. The van der Waals surface area contributed by atoms with Gasteiger partial charge in [0.2, 0.25) is 0 Å². The number of tetrazole rings is 1. The molecule has 0 aliphatic carbocycles. The SMILES string of the molecule is C1C[NH2+][C@H](Cc2nnn[n-]2)C1. The molecule has 1 fully saturated rings. The number of nitrogens with two attached hydrogens (primary N) is 1. The van der Waals surface area contributed by atoms with Crippen LogP contribution in [0.25, 0.3) is 0 Å². The zero-order chi connectivity index (χ0) is 7.52. The number of hydrogen-bond donors (Lipinski definition) is 1. The van der Waals surface area contributed by atoms with Crippen LogP contribution in [0.3, 0.4) is 0 Å². The fourth-order valence-electron chi connectivity index (χ4n) is 1.52. The molecule has 1 aromatic rings. The first-order valence-electron chi connectivity index (χ1n) is 3.96. The van der Waals surface area contributed by atoms with Gasteiger partial charge < -0.3 is 10.4 Å². The summed E-state index contributed by atoms with van der Waals surface area (Å²) >= 11 is 0. The van der Waals surface area contributed by atoms with Crippen molar-refractivity contribution in [3.8, 4) is 0 Å². The Morgan fingerprint density at radius 1 is 1.64 bits per heavy atom. The van der Waals surface area contributed by atoms with E-state index in [2.05, 4.69) is 25.9 Å². The molecule has 5 heteroatoms. The Kier molecular flexibility index (Phi) is 1.81. The number of aromatic nitrogens is 4. The molecule has 2 heterocycles. The summed E-state index contributed by atoms with van der Waals surface area (Å²) in [5.41, 5.74) is 0. The number of nitrogens with zero attached hydrogens (tertiary/aromatic N) is 4. The van der Waals surface area contributed by atoms with E-state index in [0.717, 1.165) is 12.2 Å². The molecule has 0 radical (unpaired) electrons. The molecule has 60 valence electrons. The van der Waals surface area contributed by atoms with Gasteiger partial charge in [-0.15, -0.1) is 0 Å². The summed E-state index contributed by atoms with van der Waals surface area (Å²) in [6.07, 6.45) is 3.51. The summed E-state index contributed by atoms with van der Waals surface area (Å²) in [5.74, 6) is 0.785. The Morgan fingerprint density at radius 3 is 3.27 bits per heavy atom. The lowest BCUT2D eigenvalue weighted by Gasteiger charge is -2.04. The van der Waals surface area contributed by atoms with Crippen LogP contribution in [0.15, 0.2) is 0 Å². The average molecular weight is 153 g/mol. The van der Waals surface area contributed by atoms with Crippen molar-refractivity contribution >= 4 is 0 Å². The van der Waals surface area contributed by atoms with Gasteiger partial charge in [0, 0.05) is 25.1 Å². The van der Waals surface area contributed by atoms with E-state index in [-0.39, 0.29) is 0 Å². The minimum absolute atomic E-state index is 0.668. The first-order valence-corrected chi connectivity index (χ1v) is 3.96. The molecule has 0 bridgehead atoms. The van der Waals surface area contributed by atoms with Crippen molar-refractivity contribution in [1.29, 1.82) is 0 Å². The maximum absolute atomic E-state index is 3.79. The highest BCUT2D eigenvalue weighted by Crippen LogP contribution is 2.01. The van der Waals surface area contributed by atoms with Crippen LogP contribution >= 0.6 is 0 Å². The monoisotopic (exact) mass is 153 g/mol. The standard InChI is InChI=1S/C6H10N5/c1-2-5(7-3-1)4-6-8-10-11-9-6/h5,7H,1-4H2/q-1/p+1/t5-/m0/s1. The second-order valence-corrected chi connectivity index (χ2v) is 2.93. The zero-order valence-electron chi connectivity index (χ0n) is 6.27. The van der Waals surface area contributed by atoms with Crippen LogP contribution in [0, 0.1) is 0 Å². The summed E-state index contributed by atoms with van der Waals surface area (Å²) in [4.78, 5) is 0. The molecule has 1 saturated heterocycles. The quantitative estimate of drug-likeness (QED) is 0.538. The van der Waals surface area contributed by atoms with Gasteiger partial charge in [-0.2, -0.15) is 5.21 Å².